The van der Waals surface area contributed by atoms with E-state index in [2.05, 4.69) is 21.7 Å². The van der Waals surface area contributed by atoms with Crippen LogP contribution in [0.25, 0.3) is 21.7 Å². The number of nitrogens with one attached hydrogen (secondary N) is 3. The Morgan fingerprint density at radius 2 is 2.07 bits per heavy atom. The summed E-state index contributed by atoms with van der Waals surface area (Å²) in [5.41, 5.74) is 7.91. The Morgan fingerprint density at radius 1 is 1.20 bits per heavy atom. The fraction of sp³-hybridized carbons (Fsp3) is 0.348. The predicted molar refractivity (Wildman–Crippen MR) is 116 cm³/mol. The van der Waals surface area contributed by atoms with E-state index in [1.165, 1.54) is 0 Å². The number of piperidine rings is 1. The fourth-order valence-corrected chi connectivity index (χ4v) is 5.00. The van der Waals surface area contributed by atoms with Gasteiger partial charge in [0.2, 0.25) is 5.91 Å². The normalized spacial score (nSPS) is 23.5. The molecular formula is C23H23N5O2. The molecule has 2 aromatic carbocycles. The number of hydrogen-bond donors (Lipinski definition) is 4. The number of anilines is 1. The Bertz CT molecular complexity index is 1260. The van der Waals surface area contributed by atoms with Gasteiger partial charge in [0.05, 0.1) is 12.1 Å². The molecule has 2 aliphatic rings. The highest BCUT2D eigenvalue weighted by Crippen LogP contribution is 2.35. The smallest absolute Gasteiger partial charge is 0.256 e. The zero-order valence-electron chi connectivity index (χ0n) is 16.4. The van der Waals surface area contributed by atoms with E-state index >= 15 is 0 Å². The first kappa shape index (κ1) is 18.6. The number of carbonyl (C=O) groups is 1. The SMILES string of the molecule is N#CC(Cc1ccc2c(c1)c(=O)[nH]c1ccc(N)cc12)NC(=O)C1NC2CCC1C2. The average molecular weight is 401 g/mol. The number of amides is 1. The van der Waals surface area contributed by atoms with Gasteiger partial charge in [-0.2, -0.15) is 5.26 Å². The lowest BCUT2D eigenvalue weighted by Crippen LogP contribution is -2.50. The highest BCUT2D eigenvalue weighted by atomic mass is 16.2. The molecule has 7 heteroatoms. The Morgan fingerprint density at radius 3 is 2.80 bits per heavy atom. The van der Waals surface area contributed by atoms with Crippen molar-refractivity contribution in [3.63, 3.8) is 0 Å². The van der Waals surface area contributed by atoms with Gasteiger partial charge in [-0.1, -0.05) is 12.1 Å². The van der Waals surface area contributed by atoms with Gasteiger partial charge in [0.25, 0.3) is 5.56 Å². The number of aromatic amines is 1. The van der Waals surface area contributed by atoms with E-state index in [1.54, 1.807) is 18.2 Å². The van der Waals surface area contributed by atoms with E-state index in [0.717, 1.165) is 41.1 Å². The van der Waals surface area contributed by atoms with Gasteiger partial charge >= 0.3 is 0 Å². The molecular weight excluding hydrogens is 378 g/mol. The topological polar surface area (TPSA) is 124 Å². The highest BCUT2D eigenvalue weighted by Gasteiger charge is 2.43. The third-order valence-electron chi connectivity index (χ3n) is 6.47. The van der Waals surface area contributed by atoms with E-state index in [0.29, 0.717) is 29.5 Å². The zero-order chi connectivity index (χ0) is 20.8. The lowest BCUT2D eigenvalue weighted by Gasteiger charge is -2.23. The molecule has 4 atom stereocenters. The molecule has 2 heterocycles. The van der Waals surface area contributed by atoms with Gasteiger partial charge < -0.3 is 21.4 Å². The zero-order valence-corrected chi connectivity index (χ0v) is 16.4. The Hall–Kier alpha value is -3.37. The van der Waals surface area contributed by atoms with Crippen molar-refractivity contribution in [3.8, 4) is 6.07 Å². The monoisotopic (exact) mass is 401 g/mol. The number of H-pyrrole nitrogens is 1. The lowest BCUT2D eigenvalue weighted by atomic mass is 9.98. The molecule has 0 radical (unpaired) electrons. The van der Waals surface area contributed by atoms with Crippen LogP contribution in [0.5, 0.6) is 0 Å². The predicted octanol–water partition coefficient (Wildman–Crippen LogP) is 1.95. The van der Waals surface area contributed by atoms with Crippen molar-refractivity contribution in [2.75, 3.05) is 5.73 Å². The number of rotatable bonds is 4. The molecule has 2 fully saturated rings. The maximum atomic E-state index is 12.6. The van der Waals surface area contributed by atoms with Crippen molar-refractivity contribution in [1.82, 2.24) is 15.6 Å². The maximum absolute atomic E-state index is 12.6. The summed E-state index contributed by atoms with van der Waals surface area (Å²) in [4.78, 5) is 28.1. The van der Waals surface area contributed by atoms with Gasteiger partial charge in [-0.3, -0.25) is 9.59 Å². The minimum atomic E-state index is -0.647. The summed E-state index contributed by atoms with van der Waals surface area (Å²) in [5.74, 6) is 0.267. The molecule has 3 aromatic rings. The molecule has 2 bridgehead atoms. The summed E-state index contributed by atoms with van der Waals surface area (Å²) in [5, 5.41) is 18.1. The number of benzene rings is 2. The number of carbonyl (C=O) groups excluding carboxylic acids is 1. The van der Waals surface area contributed by atoms with Crippen LogP contribution >= 0.6 is 0 Å². The molecule has 5 rings (SSSR count). The van der Waals surface area contributed by atoms with E-state index in [4.69, 9.17) is 5.73 Å². The number of nitrogens with two attached hydrogens (primary N) is 1. The van der Waals surface area contributed by atoms with Crippen LogP contribution in [0.1, 0.15) is 24.8 Å². The lowest BCUT2D eigenvalue weighted by molar-refractivity contribution is -0.124. The van der Waals surface area contributed by atoms with E-state index in [1.807, 2.05) is 18.2 Å². The molecule has 1 saturated carbocycles. The third kappa shape index (κ3) is 3.19. The van der Waals surface area contributed by atoms with Gasteiger partial charge in [-0.05, 0) is 60.4 Å². The summed E-state index contributed by atoms with van der Waals surface area (Å²) in [6.45, 7) is 0. The van der Waals surface area contributed by atoms with Crippen LogP contribution in [0.3, 0.4) is 0 Å². The second kappa shape index (κ2) is 7.15. The number of pyridine rings is 1. The molecule has 152 valence electrons. The highest BCUT2D eigenvalue weighted by molar-refractivity contribution is 6.06. The molecule has 1 aliphatic heterocycles. The Labute approximate surface area is 173 Å². The van der Waals surface area contributed by atoms with Crippen LogP contribution < -0.4 is 21.9 Å². The van der Waals surface area contributed by atoms with Crippen LogP contribution in [-0.4, -0.2) is 29.0 Å². The van der Waals surface area contributed by atoms with Crippen molar-refractivity contribution < 1.29 is 4.79 Å². The number of aromatic nitrogens is 1. The molecule has 7 nitrogen and oxygen atoms in total. The van der Waals surface area contributed by atoms with Crippen molar-refractivity contribution in [2.24, 2.45) is 5.92 Å². The number of nitrogen functional groups attached to an aromatic ring is 1. The minimum absolute atomic E-state index is 0.103. The molecule has 5 N–H and O–H groups in total. The largest absolute Gasteiger partial charge is 0.399 e. The van der Waals surface area contributed by atoms with E-state index in [-0.39, 0.29) is 17.5 Å². The first-order valence-corrected chi connectivity index (χ1v) is 10.3. The molecule has 0 spiro atoms. The van der Waals surface area contributed by atoms with Gasteiger partial charge in [0.1, 0.15) is 6.04 Å². The second-order valence-electron chi connectivity index (χ2n) is 8.45. The third-order valence-corrected chi connectivity index (χ3v) is 6.47. The molecule has 1 aromatic heterocycles. The van der Waals surface area contributed by atoms with Crippen molar-refractivity contribution in [1.29, 1.82) is 5.26 Å². The van der Waals surface area contributed by atoms with Gasteiger partial charge in [-0.25, -0.2) is 0 Å². The first-order valence-electron chi connectivity index (χ1n) is 10.3. The van der Waals surface area contributed by atoms with Crippen LogP contribution in [0.15, 0.2) is 41.2 Å². The number of hydrogen-bond acceptors (Lipinski definition) is 5. The second-order valence-corrected chi connectivity index (χ2v) is 8.45. The van der Waals surface area contributed by atoms with Gasteiger partial charge in [0, 0.05) is 34.4 Å². The summed E-state index contributed by atoms with van der Waals surface area (Å²) in [6, 6.07) is 12.7. The summed E-state index contributed by atoms with van der Waals surface area (Å²) >= 11 is 0. The van der Waals surface area contributed by atoms with Crippen LogP contribution in [0.2, 0.25) is 0 Å². The van der Waals surface area contributed by atoms with Gasteiger partial charge in [0.15, 0.2) is 0 Å². The summed E-state index contributed by atoms with van der Waals surface area (Å²) in [6.07, 6.45) is 3.58. The van der Waals surface area contributed by atoms with Crippen LogP contribution in [0, 0.1) is 17.2 Å². The summed E-state index contributed by atoms with van der Waals surface area (Å²) < 4.78 is 0. The Balaban J connectivity index is 1.39. The van der Waals surface area contributed by atoms with Crippen LogP contribution in [-0.2, 0) is 11.2 Å². The van der Waals surface area contributed by atoms with Crippen LogP contribution in [0.4, 0.5) is 5.69 Å². The van der Waals surface area contributed by atoms with E-state index in [9.17, 15) is 14.9 Å². The van der Waals surface area contributed by atoms with Crippen molar-refractivity contribution in [3.05, 3.63) is 52.3 Å². The molecule has 30 heavy (non-hydrogen) atoms. The minimum Gasteiger partial charge on any atom is -0.399 e. The van der Waals surface area contributed by atoms with E-state index < -0.39 is 6.04 Å². The molecule has 4 unspecified atom stereocenters. The Kier molecular flexibility index (Phi) is 4.44. The number of nitriles is 1. The number of nitrogens with zero attached hydrogens (tertiary/aromatic N) is 1. The maximum Gasteiger partial charge on any atom is 0.256 e. The quantitative estimate of drug-likeness (QED) is 0.393. The molecule has 1 aliphatic carbocycles. The fourth-order valence-electron chi connectivity index (χ4n) is 5.00. The van der Waals surface area contributed by atoms with Gasteiger partial charge in [-0.15, -0.1) is 0 Å². The van der Waals surface area contributed by atoms with Crippen molar-refractivity contribution >= 4 is 33.3 Å². The molecule has 1 saturated heterocycles. The summed E-state index contributed by atoms with van der Waals surface area (Å²) in [7, 11) is 0. The molecule has 1 amide bonds. The standard InChI is InChI=1S/C23H23N5O2/c24-11-16(27-23(30)21-13-2-4-15(9-13)26-21)7-12-1-5-17-18-10-14(25)3-6-20(18)28-22(29)19(17)8-12/h1,3,5-6,8,10,13,15-16,21,26H,2,4,7,9,25H2,(H,27,30)(H,28,29). The first-order chi connectivity index (χ1) is 14.5. The average Bonchev–Trinajstić information content (AvgIpc) is 3.38. The number of fused-ring (bicyclic) bond motifs is 5. The van der Waals surface area contributed by atoms with Crippen molar-refractivity contribution in [2.45, 2.75) is 43.8 Å².